The number of nitrogens with two attached hydrogens (primary N) is 1. The SMILES string of the molecule is CC(C)CCN=C(N)S[C@H](c1ccccc1)c1ccc(Cl)cc1. The van der Waals surface area contributed by atoms with E-state index in [9.17, 15) is 0 Å². The van der Waals surface area contributed by atoms with Gasteiger partial charge in [-0.25, -0.2) is 0 Å². The summed E-state index contributed by atoms with van der Waals surface area (Å²) in [5.41, 5.74) is 8.54. The van der Waals surface area contributed by atoms with Gasteiger partial charge in [0.05, 0.1) is 5.25 Å². The fourth-order valence-corrected chi connectivity index (χ4v) is 3.30. The van der Waals surface area contributed by atoms with E-state index in [2.05, 4.69) is 31.0 Å². The first kappa shape index (κ1) is 17.9. The molecule has 23 heavy (non-hydrogen) atoms. The van der Waals surface area contributed by atoms with E-state index < -0.39 is 0 Å². The van der Waals surface area contributed by atoms with Crippen LogP contribution in [0.2, 0.25) is 5.02 Å². The summed E-state index contributed by atoms with van der Waals surface area (Å²) >= 11 is 7.60. The summed E-state index contributed by atoms with van der Waals surface area (Å²) in [5.74, 6) is 0.637. The van der Waals surface area contributed by atoms with Crippen LogP contribution in [0.3, 0.4) is 0 Å². The van der Waals surface area contributed by atoms with Gasteiger partial charge < -0.3 is 5.73 Å². The van der Waals surface area contributed by atoms with Gasteiger partial charge in [-0.05, 0) is 35.6 Å². The molecule has 0 aliphatic rings. The van der Waals surface area contributed by atoms with Gasteiger partial charge in [-0.3, -0.25) is 4.99 Å². The first-order valence-corrected chi connectivity index (χ1v) is 9.09. The molecule has 0 unspecified atom stereocenters. The molecule has 2 rings (SSSR count). The Labute approximate surface area is 148 Å². The van der Waals surface area contributed by atoms with Gasteiger partial charge in [-0.2, -0.15) is 0 Å². The maximum Gasteiger partial charge on any atom is 0.154 e. The van der Waals surface area contributed by atoms with Crippen molar-refractivity contribution in [3.8, 4) is 0 Å². The summed E-state index contributed by atoms with van der Waals surface area (Å²) in [5, 5.41) is 1.50. The second-order valence-electron chi connectivity index (χ2n) is 5.86. The average Bonchev–Trinajstić information content (AvgIpc) is 2.54. The number of benzene rings is 2. The Hall–Kier alpha value is -1.45. The number of nitrogens with zero attached hydrogens (tertiary/aromatic N) is 1. The number of aliphatic imine (C=N–C) groups is 1. The Bertz CT molecular complexity index is 624. The molecule has 4 heteroatoms. The van der Waals surface area contributed by atoms with Crippen molar-refractivity contribution in [3.63, 3.8) is 0 Å². The number of rotatable bonds is 6. The number of halogens is 1. The summed E-state index contributed by atoms with van der Waals surface area (Å²) in [6.45, 7) is 5.16. The van der Waals surface area contributed by atoms with Gasteiger partial charge in [0.25, 0.3) is 0 Å². The van der Waals surface area contributed by atoms with Crippen molar-refractivity contribution in [1.82, 2.24) is 0 Å². The zero-order valence-electron chi connectivity index (χ0n) is 13.6. The normalized spacial score (nSPS) is 13.3. The summed E-state index contributed by atoms with van der Waals surface area (Å²) in [7, 11) is 0. The molecule has 2 aromatic carbocycles. The maximum absolute atomic E-state index is 6.15. The standard InChI is InChI=1S/C19H23ClN2S/c1-14(2)12-13-22-19(21)23-18(15-6-4-3-5-7-15)16-8-10-17(20)11-9-16/h3-11,14,18H,12-13H2,1-2H3,(H2,21,22)/t18-/m1/s1. The molecule has 0 aromatic heterocycles. The molecule has 0 amide bonds. The van der Waals surface area contributed by atoms with Crippen LogP contribution in [-0.2, 0) is 0 Å². The van der Waals surface area contributed by atoms with Crippen LogP contribution >= 0.6 is 23.4 Å². The number of hydrogen-bond donors (Lipinski definition) is 1. The zero-order chi connectivity index (χ0) is 16.7. The van der Waals surface area contributed by atoms with Crippen molar-refractivity contribution in [1.29, 1.82) is 0 Å². The van der Waals surface area contributed by atoms with Crippen molar-refractivity contribution in [2.24, 2.45) is 16.6 Å². The zero-order valence-corrected chi connectivity index (χ0v) is 15.1. The van der Waals surface area contributed by atoms with E-state index in [-0.39, 0.29) is 5.25 Å². The Morgan fingerprint density at radius 2 is 1.65 bits per heavy atom. The minimum atomic E-state index is 0.122. The van der Waals surface area contributed by atoms with Gasteiger partial charge in [0.15, 0.2) is 5.17 Å². The topological polar surface area (TPSA) is 38.4 Å². The van der Waals surface area contributed by atoms with Gasteiger partial charge in [0, 0.05) is 11.6 Å². The van der Waals surface area contributed by atoms with Crippen molar-refractivity contribution in [2.45, 2.75) is 25.5 Å². The maximum atomic E-state index is 6.15. The largest absolute Gasteiger partial charge is 0.379 e. The molecular weight excluding hydrogens is 324 g/mol. The predicted molar refractivity (Wildman–Crippen MR) is 103 cm³/mol. The van der Waals surface area contributed by atoms with Crippen LogP contribution in [0.4, 0.5) is 0 Å². The molecule has 0 fully saturated rings. The highest BCUT2D eigenvalue weighted by molar-refractivity contribution is 8.14. The van der Waals surface area contributed by atoms with Gasteiger partial charge in [-0.1, -0.05) is 79.7 Å². The Morgan fingerprint density at radius 3 is 2.26 bits per heavy atom. The molecule has 2 nitrogen and oxygen atoms in total. The smallest absolute Gasteiger partial charge is 0.154 e. The molecule has 0 aliphatic carbocycles. The molecule has 2 aromatic rings. The highest BCUT2D eigenvalue weighted by Crippen LogP contribution is 2.36. The molecule has 0 heterocycles. The third-order valence-corrected chi connectivity index (χ3v) is 4.89. The molecular formula is C19H23ClN2S. The second-order valence-corrected chi connectivity index (χ2v) is 7.42. The fraction of sp³-hybridized carbons (Fsp3) is 0.316. The van der Waals surface area contributed by atoms with Crippen molar-refractivity contribution >= 4 is 28.5 Å². The molecule has 0 saturated heterocycles. The van der Waals surface area contributed by atoms with Gasteiger partial charge in [0.1, 0.15) is 0 Å². The lowest BCUT2D eigenvalue weighted by Gasteiger charge is -2.17. The lowest BCUT2D eigenvalue weighted by atomic mass is 10.0. The lowest BCUT2D eigenvalue weighted by Crippen LogP contribution is -2.12. The van der Waals surface area contributed by atoms with E-state index in [1.807, 2.05) is 42.5 Å². The van der Waals surface area contributed by atoms with Crippen LogP contribution < -0.4 is 5.73 Å². The summed E-state index contributed by atoms with van der Waals surface area (Å²) in [6, 6.07) is 18.3. The lowest BCUT2D eigenvalue weighted by molar-refractivity contribution is 0.597. The molecule has 2 N–H and O–H groups in total. The summed E-state index contributed by atoms with van der Waals surface area (Å²) in [6.07, 6.45) is 1.05. The highest BCUT2D eigenvalue weighted by atomic mass is 35.5. The molecule has 0 bridgehead atoms. The summed E-state index contributed by atoms with van der Waals surface area (Å²) < 4.78 is 0. The third kappa shape index (κ3) is 5.92. The molecule has 0 saturated carbocycles. The van der Waals surface area contributed by atoms with Crippen molar-refractivity contribution in [3.05, 3.63) is 70.7 Å². The van der Waals surface area contributed by atoms with Crippen LogP contribution in [0.15, 0.2) is 59.6 Å². The first-order chi connectivity index (χ1) is 11.1. The number of thioether (sulfide) groups is 1. The Morgan fingerprint density at radius 1 is 1.04 bits per heavy atom. The molecule has 1 atom stereocenters. The molecule has 0 aliphatic heterocycles. The number of amidine groups is 1. The predicted octanol–water partition coefficient (Wildman–Crippen LogP) is 5.52. The third-order valence-electron chi connectivity index (χ3n) is 3.49. The van der Waals surface area contributed by atoms with E-state index in [1.165, 1.54) is 11.1 Å². The minimum absolute atomic E-state index is 0.122. The van der Waals surface area contributed by atoms with Crippen molar-refractivity contribution < 1.29 is 0 Å². The van der Waals surface area contributed by atoms with Crippen LogP contribution in [-0.4, -0.2) is 11.7 Å². The van der Waals surface area contributed by atoms with E-state index >= 15 is 0 Å². The van der Waals surface area contributed by atoms with Crippen LogP contribution in [0.25, 0.3) is 0 Å². The van der Waals surface area contributed by atoms with E-state index in [4.69, 9.17) is 17.3 Å². The van der Waals surface area contributed by atoms with E-state index in [1.54, 1.807) is 11.8 Å². The Kier molecular flexibility index (Phi) is 7.00. The van der Waals surface area contributed by atoms with Crippen LogP contribution in [0.1, 0.15) is 36.6 Å². The monoisotopic (exact) mass is 346 g/mol. The summed E-state index contributed by atoms with van der Waals surface area (Å²) in [4.78, 5) is 4.50. The Balaban J connectivity index is 2.19. The quantitative estimate of drug-likeness (QED) is 0.552. The fourth-order valence-electron chi connectivity index (χ4n) is 2.18. The van der Waals surface area contributed by atoms with E-state index in [0.717, 1.165) is 18.0 Å². The highest BCUT2D eigenvalue weighted by Gasteiger charge is 2.16. The van der Waals surface area contributed by atoms with Gasteiger partial charge >= 0.3 is 0 Å². The average molecular weight is 347 g/mol. The van der Waals surface area contributed by atoms with Crippen LogP contribution in [0.5, 0.6) is 0 Å². The van der Waals surface area contributed by atoms with Crippen molar-refractivity contribution in [2.75, 3.05) is 6.54 Å². The molecule has 0 spiro atoms. The van der Waals surface area contributed by atoms with E-state index in [0.29, 0.717) is 11.1 Å². The van der Waals surface area contributed by atoms with Crippen LogP contribution in [0, 0.1) is 5.92 Å². The molecule has 122 valence electrons. The number of hydrogen-bond acceptors (Lipinski definition) is 2. The van der Waals surface area contributed by atoms with Gasteiger partial charge in [0.2, 0.25) is 0 Å². The molecule has 0 radical (unpaired) electrons. The van der Waals surface area contributed by atoms with Gasteiger partial charge in [-0.15, -0.1) is 0 Å². The second kappa shape index (κ2) is 8.99. The first-order valence-electron chi connectivity index (χ1n) is 7.83. The minimum Gasteiger partial charge on any atom is -0.379 e.